The quantitative estimate of drug-likeness (QED) is 0.643. The van der Waals surface area contributed by atoms with Gasteiger partial charge in [-0.25, -0.2) is 10.9 Å². The lowest BCUT2D eigenvalue weighted by atomic mass is 9.83. The Hall–Kier alpha value is -2.77. The normalized spacial score (nSPS) is 26.5. The van der Waals surface area contributed by atoms with Gasteiger partial charge in [0, 0.05) is 5.92 Å². The smallest absolute Gasteiger partial charge is 0.239 e. The molecule has 1 amide bonds. The molecule has 142 valence electrons. The summed E-state index contributed by atoms with van der Waals surface area (Å²) in [5.41, 5.74) is 8.36. The standard InChI is InChI=1S/C20H23N3O4/c1-3-27-13-7-4-11(5-8-13)18-16-17(21-20(25)19(16)23-22-18)12-6-9-14(24)15(10-12)26-2/h4-10,16-19,22-24H,3H2,1-2H3,(H,21,25). The number of rotatable bonds is 5. The Morgan fingerprint density at radius 3 is 2.41 bits per heavy atom. The Bertz CT molecular complexity index is 840. The predicted octanol–water partition coefficient (Wildman–Crippen LogP) is 1.80. The summed E-state index contributed by atoms with van der Waals surface area (Å²) in [6, 6.07) is 12.5. The highest BCUT2D eigenvalue weighted by molar-refractivity contribution is 5.86. The molecule has 2 aliphatic rings. The van der Waals surface area contributed by atoms with Gasteiger partial charge >= 0.3 is 0 Å². The third-order valence-electron chi connectivity index (χ3n) is 5.24. The van der Waals surface area contributed by atoms with Crippen molar-refractivity contribution in [2.45, 2.75) is 25.0 Å². The van der Waals surface area contributed by atoms with Crippen molar-refractivity contribution < 1.29 is 19.4 Å². The highest BCUT2D eigenvalue weighted by Crippen LogP contribution is 2.43. The van der Waals surface area contributed by atoms with Crippen LogP contribution in [0.15, 0.2) is 42.5 Å². The fraction of sp³-hybridized carbons (Fsp3) is 0.350. The van der Waals surface area contributed by atoms with Crippen molar-refractivity contribution in [1.82, 2.24) is 16.2 Å². The topological polar surface area (TPSA) is 91.9 Å². The lowest BCUT2D eigenvalue weighted by Crippen LogP contribution is -2.39. The first-order valence-electron chi connectivity index (χ1n) is 9.03. The molecular weight excluding hydrogens is 346 g/mol. The fourth-order valence-corrected chi connectivity index (χ4v) is 3.97. The molecule has 4 atom stereocenters. The Morgan fingerprint density at radius 2 is 1.70 bits per heavy atom. The van der Waals surface area contributed by atoms with Gasteiger partial charge in [0.1, 0.15) is 11.8 Å². The largest absolute Gasteiger partial charge is 0.504 e. The monoisotopic (exact) mass is 369 g/mol. The number of benzene rings is 2. The van der Waals surface area contributed by atoms with Crippen LogP contribution in [0.5, 0.6) is 17.2 Å². The minimum Gasteiger partial charge on any atom is -0.504 e. The van der Waals surface area contributed by atoms with E-state index in [1.54, 1.807) is 12.1 Å². The van der Waals surface area contributed by atoms with Gasteiger partial charge in [-0.05, 0) is 42.3 Å². The Morgan fingerprint density at radius 1 is 1.00 bits per heavy atom. The SMILES string of the molecule is CCOc1ccc(C2NNC3C(=O)NC(c4ccc(O)c(OC)c4)C32)cc1. The maximum Gasteiger partial charge on any atom is 0.239 e. The van der Waals surface area contributed by atoms with Gasteiger partial charge in [-0.3, -0.25) is 4.79 Å². The van der Waals surface area contributed by atoms with Crippen LogP contribution in [0.4, 0.5) is 0 Å². The number of amides is 1. The second-order valence-electron chi connectivity index (χ2n) is 6.74. The molecule has 0 spiro atoms. The van der Waals surface area contributed by atoms with Crippen LogP contribution < -0.4 is 25.6 Å². The number of aromatic hydroxyl groups is 1. The third-order valence-corrected chi connectivity index (χ3v) is 5.24. The minimum absolute atomic E-state index is 0.0234. The van der Waals surface area contributed by atoms with Gasteiger partial charge in [0.2, 0.25) is 5.91 Å². The average Bonchev–Trinajstić information content (AvgIpc) is 3.25. The molecule has 4 unspecified atom stereocenters. The van der Waals surface area contributed by atoms with Gasteiger partial charge in [0.25, 0.3) is 0 Å². The van der Waals surface area contributed by atoms with Gasteiger partial charge in [-0.1, -0.05) is 18.2 Å². The second-order valence-corrected chi connectivity index (χ2v) is 6.74. The summed E-state index contributed by atoms with van der Waals surface area (Å²) in [4.78, 5) is 12.5. The molecule has 2 aromatic rings. The number of hydrogen-bond donors (Lipinski definition) is 4. The van der Waals surface area contributed by atoms with Crippen LogP contribution in [-0.4, -0.2) is 30.8 Å². The number of phenols is 1. The molecule has 7 heteroatoms. The average molecular weight is 369 g/mol. The molecule has 2 heterocycles. The van der Waals surface area contributed by atoms with Crippen LogP contribution in [0.25, 0.3) is 0 Å². The van der Waals surface area contributed by atoms with Gasteiger partial charge in [0.05, 0.1) is 25.8 Å². The van der Waals surface area contributed by atoms with E-state index >= 15 is 0 Å². The van der Waals surface area contributed by atoms with Crippen LogP contribution in [0.1, 0.15) is 30.1 Å². The number of hydrazine groups is 1. The van der Waals surface area contributed by atoms with Crippen molar-refractivity contribution in [3.63, 3.8) is 0 Å². The zero-order valence-electron chi connectivity index (χ0n) is 15.2. The van der Waals surface area contributed by atoms with Crippen molar-refractivity contribution in [3.05, 3.63) is 53.6 Å². The van der Waals surface area contributed by atoms with Gasteiger partial charge in [0.15, 0.2) is 11.5 Å². The van der Waals surface area contributed by atoms with Gasteiger partial charge in [-0.15, -0.1) is 0 Å². The van der Waals surface area contributed by atoms with Crippen LogP contribution in [-0.2, 0) is 4.79 Å². The lowest BCUT2D eigenvalue weighted by Gasteiger charge is -2.24. The van der Waals surface area contributed by atoms with Crippen molar-refractivity contribution in [1.29, 1.82) is 0 Å². The highest BCUT2D eigenvalue weighted by atomic mass is 16.5. The molecule has 0 bridgehead atoms. The van der Waals surface area contributed by atoms with E-state index in [2.05, 4.69) is 16.2 Å². The summed E-state index contributed by atoms with van der Waals surface area (Å²) < 4.78 is 10.7. The number of carbonyl (C=O) groups excluding carboxylic acids is 1. The maximum absolute atomic E-state index is 12.5. The third kappa shape index (κ3) is 3.09. The molecule has 0 aliphatic carbocycles. The molecular formula is C20H23N3O4. The van der Waals surface area contributed by atoms with E-state index in [-0.39, 0.29) is 35.7 Å². The summed E-state index contributed by atoms with van der Waals surface area (Å²) in [7, 11) is 1.51. The van der Waals surface area contributed by atoms with E-state index in [1.165, 1.54) is 7.11 Å². The van der Waals surface area contributed by atoms with E-state index in [0.29, 0.717) is 12.4 Å². The van der Waals surface area contributed by atoms with Crippen molar-refractivity contribution in [2.24, 2.45) is 5.92 Å². The van der Waals surface area contributed by atoms with E-state index in [9.17, 15) is 9.90 Å². The zero-order chi connectivity index (χ0) is 19.0. The molecule has 2 fully saturated rings. The van der Waals surface area contributed by atoms with Crippen molar-refractivity contribution >= 4 is 5.91 Å². The van der Waals surface area contributed by atoms with E-state index in [0.717, 1.165) is 16.9 Å². The van der Waals surface area contributed by atoms with Crippen LogP contribution in [0, 0.1) is 5.92 Å². The molecule has 2 aliphatic heterocycles. The number of nitrogens with one attached hydrogen (secondary N) is 3. The Labute approximate surface area is 157 Å². The predicted molar refractivity (Wildman–Crippen MR) is 99.4 cm³/mol. The first kappa shape index (κ1) is 17.6. The first-order valence-corrected chi connectivity index (χ1v) is 9.03. The Kier molecular flexibility index (Phi) is 4.63. The molecule has 2 saturated heterocycles. The van der Waals surface area contributed by atoms with Crippen molar-refractivity contribution in [3.8, 4) is 17.2 Å². The van der Waals surface area contributed by atoms with E-state index in [1.807, 2.05) is 37.3 Å². The van der Waals surface area contributed by atoms with Crippen LogP contribution in [0.2, 0.25) is 0 Å². The second kappa shape index (κ2) is 7.09. The molecule has 0 aromatic heterocycles. The summed E-state index contributed by atoms with van der Waals surface area (Å²) in [6.07, 6.45) is 0. The van der Waals surface area contributed by atoms with E-state index < -0.39 is 0 Å². The molecule has 2 aromatic carbocycles. The number of fused-ring (bicyclic) bond motifs is 1. The fourth-order valence-electron chi connectivity index (χ4n) is 3.97. The minimum atomic E-state index is -0.327. The van der Waals surface area contributed by atoms with Crippen LogP contribution >= 0.6 is 0 Å². The van der Waals surface area contributed by atoms with Gasteiger partial charge < -0.3 is 19.9 Å². The lowest BCUT2D eigenvalue weighted by molar-refractivity contribution is -0.121. The summed E-state index contributed by atoms with van der Waals surface area (Å²) in [5, 5.41) is 12.9. The van der Waals surface area contributed by atoms with Gasteiger partial charge in [-0.2, -0.15) is 0 Å². The highest BCUT2D eigenvalue weighted by Gasteiger charge is 2.51. The summed E-state index contributed by atoms with van der Waals surface area (Å²) in [6.45, 7) is 2.57. The molecule has 4 N–H and O–H groups in total. The molecule has 0 saturated carbocycles. The molecule has 0 radical (unpaired) electrons. The molecule has 7 nitrogen and oxygen atoms in total. The Balaban J connectivity index is 1.65. The summed E-state index contributed by atoms with van der Waals surface area (Å²) in [5.74, 6) is 1.22. The number of phenolic OH excluding ortho intramolecular Hbond substituents is 1. The maximum atomic E-state index is 12.5. The van der Waals surface area contributed by atoms with E-state index in [4.69, 9.17) is 9.47 Å². The number of methoxy groups -OCH3 is 1. The molecule has 27 heavy (non-hydrogen) atoms. The van der Waals surface area contributed by atoms with Crippen molar-refractivity contribution in [2.75, 3.05) is 13.7 Å². The van der Waals surface area contributed by atoms with Crippen LogP contribution in [0.3, 0.4) is 0 Å². The number of ether oxygens (including phenoxy) is 2. The first-order chi connectivity index (χ1) is 13.1. The molecule has 4 rings (SSSR count). The number of carbonyl (C=O) groups is 1. The summed E-state index contributed by atoms with van der Waals surface area (Å²) >= 11 is 0. The number of hydrogen-bond acceptors (Lipinski definition) is 6. The zero-order valence-corrected chi connectivity index (χ0v) is 15.2.